The average molecular weight is 251 g/mol. The monoisotopic (exact) mass is 251 g/mol. The van der Waals surface area contributed by atoms with E-state index in [2.05, 4.69) is 5.16 Å². The van der Waals surface area contributed by atoms with E-state index in [0.717, 1.165) is 5.56 Å². The van der Waals surface area contributed by atoms with Crippen LogP contribution in [0.15, 0.2) is 40.9 Å². The highest BCUT2D eigenvalue weighted by molar-refractivity contribution is 7.90. The highest BCUT2D eigenvalue weighted by Gasteiger charge is 2.14. The first kappa shape index (κ1) is 11.9. The predicted molar refractivity (Wildman–Crippen MR) is 65.1 cm³/mol. The third kappa shape index (κ3) is 2.94. The zero-order valence-corrected chi connectivity index (χ0v) is 10.3. The van der Waals surface area contributed by atoms with E-state index in [-0.39, 0.29) is 11.5 Å². The molecule has 90 valence electrons. The summed E-state index contributed by atoms with van der Waals surface area (Å²) in [6.07, 6.45) is 0. The molecule has 0 unspecified atom stereocenters. The van der Waals surface area contributed by atoms with E-state index in [1.807, 2.05) is 30.3 Å². The topological polar surface area (TPSA) is 60.2 Å². The third-order valence-electron chi connectivity index (χ3n) is 2.43. The summed E-state index contributed by atoms with van der Waals surface area (Å²) in [4.78, 5) is 0. The minimum Gasteiger partial charge on any atom is -0.360 e. The maximum absolute atomic E-state index is 11.4. The van der Waals surface area contributed by atoms with Crippen molar-refractivity contribution in [1.82, 2.24) is 5.16 Å². The fourth-order valence-electron chi connectivity index (χ4n) is 1.44. The van der Waals surface area contributed by atoms with Crippen molar-refractivity contribution in [2.24, 2.45) is 0 Å². The van der Waals surface area contributed by atoms with E-state index >= 15 is 0 Å². The Balaban J connectivity index is 2.23. The van der Waals surface area contributed by atoms with Gasteiger partial charge >= 0.3 is 0 Å². The largest absolute Gasteiger partial charge is 0.360 e. The molecule has 5 heteroatoms. The van der Waals surface area contributed by atoms with Crippen molar-refractivity contribution in [3.8, 4) is 11.3 Å². The summed E-state index contributed by atoms with van der Waals surface area (Å²) >= 11 is 0. The summed E-state index contributed by atoms with van der Waals surface area (Å²) < 4.78 is 27.9. The molecule has 0 radical (unpaired) electrons. The SMILES string of the molecule is CCS(=O)(=O)Cc1cc(-c2ccccc2)no1. The molecule has 0 aliphatic heterocycles. The molecule has 0 aliphatic carbocycles. The lowest BCUT2D eigenvalue weighted by Gasteiger charge is -1.94. The maximum atomic E-state index is 11.4. The Kier molecular flexibility index (Phi) is 3.28. The highest BCUT2D eigenvalue weighted by atomic mass is 32.2. The van der Waals surface area contributed by atoms with Gasteiger partial charge in [-0.2, -0.15) is 0 Å². The lowest BCUT2D eigenvalue weighted by atomic mass is 10.1. The molecule has 1 aromatic heterocycles. The lowest BCUT2D eigenvalue weighted by molar-refractivity contribution is 0.395. The summed E-state index contributed by atoms with van der Waals surface area (Å²) in [6, 6.07) is 11.2. The van der Waals surface area contributed by atoms with Crippen LogP contribution in [0.2, 0.25) is 0 Å². The number of rotatable bonds is 4. The Morgan fingerprint density at radius 2 is 1.94 bits per heavy atom. The van der Waals surface area contributed by atoms with Crippen LogP contribution in [0.4, 0.5) is 0 Å². The van der Waals surface area contributed by atoms with Crippen molar-refractivity contribution < 1.29 is 12.9 Å². The number of nitrogens with zero attached hydrogens (tertiary/aromatic N) is 1. The molecule has 1 aromatic carbocycles. The highest BCUT2D eigenvalue weighted by Crippen LogP contribution is 2.19. The van der Waals surface area contributed by atoms with Gasteiger partial charge in [-0.3, -0.25) is 0 Å². The second-order valence-electron chi connectivity index (χ2n) is 3.72. The number of hydrogen-bond donors (Lipinski definition) is 0. The van der Waals surface area contributed by atoms with Crippen LogP contribution in [0.25, 0.3) is 11.3 Å². The molecule has 4 nitrogen and oxygen atoms in total. The van der Waals surface area contributed by atoms with E-state index in [0.29, 0.717) is 11.5 Å². The molecule has 17 heavy (non-hydrogen) atoms. The second-order valence-corrected chi connectivity index (χ2v) is 6.07. The summed E-state index contributed by atoms with van der Waals surface area (Å²) in [7, 11) is -3.08. The van der Waals surface area contributed by atoms with Gasteiger partial charge in [-0.1, -0.05) is 42.4 Å². The smallest absolute Gasteiger partial charge is 0.157 e. The van der Waals surface area contributed by atoms with E-state index < -0.39 is 9.84 Å². The van der Waals surface area contributed by atoms with Crippen LogP contribution in [0, 0.1) is 0 Å². The van der Waals surface area contributed by atoms with Gasteiger partial charge < -0.3 is 4.52 Å². The molecule has 0 bridgehead atoms. The summed E-state index contributed by atoms with van der Waals surface area (Å²) in [5.74, 6) is 0.392. The minimum absolute atomic E-state index is 0.0939. The first-order chi connectivity index (χ1) is 8.11. The Bertz CT molecular complexity index is 587. The molecule has 0 atom stereocenters. The van der Waals surface area contributed by atoms with Gasteiger partial charge in [0.15, 0.2) is 15.6 Å². The van der Waals surface area contributed by atoms with E-state index in [1.165, 1.54) is 0 Å². The fourth-order valence-corrected chi connectivity index (χ4v) is 2.22. The first-order valence-electron chi connectivity index (χ1n) is 5.32. The van der Waals surface area contributed by atoms with E-state index in [9.17, 15) is 8.42 Å². The molecule has 0 aliphatic rings. The fraction of sp³-hybridized carbons (Fsp3) is 0.250. The first-order valence-corrected chi connectivity index (χ1v) is 7.14. The predicted octanol–water partition coefficient (Wildman–Crippen LogP) is 2.28. The molecular weight excluding hydrogens is 238 g/mol. The Hall–Kier alpha value is -1.62. The van der Waals surface area contributed by atoms with Crippen LogP contribution >= 0.6 is 0 Å². The molecular formula is C12H13NO3S. The third-order valence-corrected chi connectivity index (χ3v) is 4.03. The van der Waals surface area contributed by atoms with Crippen molar-refractivity contribution in [3.05, 3.63) is 42.2 Å². The average Bonchev–Trinajstić information content (AvgIpc) is 2.78. The van der Waals surface area contributed by atoms with Gasteiger partial charge in [0.25, 0.3) is 0 Å². The zero-order valence-electron chi connectivity index (χ0n) is 9.46. The molecule has 0 N–H and O–H groups in total. The van der Waals surface area contributed by atoms with Crippen molar-refractivity contribution in [2.45, 2.75) is 12.7 Å². The quantitative estimate of drug-likeness (QED) is 0.836. The van der Waals surface area contributed by atoms with Gasteiger partial charge in [-0.25, -0.2) is 8.42 Å². The summed E-state index contributed by atoms with van der Waals surface area (Å²) in [5.41, 5.74) is 1.57. The van der Waals surface area contributed by atoms with Crippen molar-refractivity contribution in [2.75, 3.05) is 5.75 Å². The zero-order chi connectivity index (χ0) is 12.3. The van der Waals surface area contributed by atoms with Crippen LogP contribution in [0.3, 0.4) is 0 Å². The van der Waals surface area contributed by atoms with Gasteiger partial charge in [0.2, 0.25) is 0 Å². The van der Waals surface area contributed by atoms with Crippen LogP contribution in [-0.4, -0.2) is 19.3 Å². The lowest BCUT2D eigenvalue weighted by Crippen LogP contribution is -2.05. The maximum Gasteiger partial charge on any atom is 0.157 e. The number of sulfone groups is 1. The molecule has 2 rings (SSSR count). The van der Waals surface area contributed by atoms with Crippen LogP contribution in [-0.2, 0) is 15.6 Å². The molecule has 0 saturated heterocycles. The van der Waals surface area contributed by atoms with Gasteiger partial charge in [0, 0.05) is 17.4 Å². The normalized spacial score (nSPS) is 11.6. The molecule has 2 aromatic rings. The van der Waals surface area contributed by atoms with E-state index in [1.54, 1.807) is 13.0 Å². The van der Waals surface area contributed by atoms with Gasteiger partial charge in [0.05, 0.1) is 0 Å². The van der Waals surface area contributed by atoms with Crippen molar-refractivity contribution in [1.29, 1.82) is 0 Å². The molecule has 0 amide bonds. The summed E-state index contributed by atoms with van der Waals surface area (Å²) in [6.45, 7) is 1.61. The Morgan fingerprint density at radius 1 is 1.24 bits per heavy atom. The van der Waals surface area contributed by atoms with Crippen LogP contribution in [0.1, 0.15) is 12.7 Å². The molecule has 0 fully saturated rings. The van der Waals surface area contributed by atoms with Gasteiger partial charge in [0.1, 0.15) is 11.4 Å². The van der Waals surface area contributed by atoms with Gasteiger partial charge in [-0.05, 0) is 0 Å². The van der Waals surface area contributed by atoms with Gasteiger partial charge in [-0.15, -0.1) is 0 Å². The number of aromatic nitrogens is 1. The molecule has 0 saturated carbocycles. The number of benzene rings is 1. The van der Waals surface area contributed by atoms with E-state index in [4.69, 9.17) is 4.52 Å². The minimum atomic E-state index is -3.08. The van der Waals surface area contributed by atoms with Crippen LogP contribution in [0.5, 0.6) is 0 Å². The standard InChI is InChI=1S/C12H13NO3S/c1-2-17(14,15)9-11-8-12(13-16-11)10-6-4-3-5-7-10/h3-8H,2,9H2,1H3. The van der Waals surface area contributed by atoms with Crippen molar-refractivity contribution in [3.63, 3.8) is 0 Å². The molecule has 1 heterocycles. The van der Waals surface area contributed by atoms with Crippen molar-refractivity contribution >= 4 is 9.84 Å². The Morgan fingerprint density at radius 3 is 2.59 bits per heavy atom. The Labute approximate surface area is 100 Å². The number of hydrogen-bond acceptors (Lipinski definition) is 4. The summed E-state index contributed by atoms with van der Waals surface area (Å²) in [5, 5.41) is 3.87. The molecule has 0 spiro atoms. The second kappa shape index (κ2) is 4.71. The van der Waals surface area contributed by atoms with Crippen LogP contribution < -0.4 is 0 Å².